The summed E-state index contributed by atoms with van der Waals surface area (Å²) < 4.78 is 4.86. The highest BCUT2D eigenvalue weighted by Crippen LogP contribution is 2.39. The first-order chi connectivity index (χ1) is 47.1. The fourth-order valence-electron chi connectivity index (χ4n) is 11.8. The smallest absolute Gasteiger partial charge is 0.0995 e. The van der Waals surface area contributed by atoms with Crippen molar-refractivity contribution in [1.82, 2.24) is 9.13 Å². The van der Waals surface area contributed by atoms with Crippen LogP contribution in [0.1, 0.15) is 197 Å². The molecular weight excluding hydrogens is 1220 g/mol. The predicted octanol–water partition coefficient (Wildman–Crippen LogP) is 23.4. The first-order valence-corrected chi connectivity index (χ1v) is 33.8. The summed E-state index contributed by atoms with van der Waals surface area (Å²) in [7, 11) is 0. The number of nitriles is 5. The number of rotatable bonds is 2. The van der Waals surface area contributed by atoms with Gasteiger partial charge < -0.3 is 9.13 Å². The van der Waals surface area contributed by atoms with Gasteiger partial charge in [-0.3, -0.25) is 0 Å². The maximum atomic E-state index is 8.98. The van der Waals surface area contributed by atoms with E-state index in [1.807, 2.05) is 91.0 Å². The van der Waals surface area contributed by atoms with Crippen LogP contribution < -0.4 is 0 Å². The first kappa shape index (κ1) is 75.7. The van der Waals surface area contributed by atoms with Gasteiger partial charge in [0, 0.05) is 44.0 Å². The standard InChI is InChI=1S/C34H28N2.2C13H13N.3C11H13N/c1-34(2,3)23-20-24(35-30-16-8-4-12-26(30)27-13-5-9-17-31(27)35)22-25(21-23)36-32-18-10-6-14-28(32)29-15-7-11-19-33(29)36;1-5-10-6-11(9-14)8-12(7-10)13(2,3)4;1-5-10-7-6-8-11(9-14)12(10)13(2,3)4;1-11(2,3)10-6-4-9(8-12)5-7-10;1-11(2,3)10-6-4-5-9(7-10)8-12;1-11(2,3)10-7-5-4-6-9(10)8-12/h4-22H,1-3H3;2*1,6-8H,2-4H3;3*4-7H,1-3H3. The molecule has 0 aliphatic carbocycles. The summed E-state index contributed by atoms with van der Waals surface area (Å²) in [6.07, 6.45) is 10.7. The Morgan fingerprint density at radius 2 is 0.630 bits per heavy atom. The maximum absolute atomic E-state index is 8.98. The van der Waals surface area contributed by atoms with Crippen LogP contribution in [-0.2, 0) is 32.5 Å². The SMILES string of the molecule is C#Cc1cc(C#N)cc(C(C)(C)C)c1.C#Cc1cccc(C#N)c1C(C)(C)C.CC(C)(C)c1cc(-n2c3ccccc3c3ccccc32)cc(-n2c3ccccc3c3ccccc32)c1.CC(C)(C)c1ccc(C#N)cc1.CC(C)(C)c1cccc(C#N)c1.CC(C)(C)c1ccccc1C#N. The number of hydrogen-bond donors (Lipinski definition) is 0. The van der Waals surface area contributed by atoms with Gasteiger partial charge in [-0.15, -0.1) is 12.8 Å². The summed E-state index contributed by atoms with van der Waals surface area (Å²) in [6, 6.07) is 87.1. The Morgan fingerprint density at radius 1 is 0.260 bits per heavy atom. The van der Waals surface area contributed by atoms with E-state index >= 15 is 0 Å². The molecule has 0 unspecified atom stereocenters. The Balaban J connectivity index is 0.000000184. The molecule has 12 rings (SSSR count). The van der Waals surface area contributed by atoms with Crippen molar-refractivity contribution in [2.24, 2.45) is 0 Å². The minimum Gasteiger partial charge on any atom is -0.309 e. The van der Waals surface area contributed by atoms with Crippen molar-refractivity contribution in [3.05, 3.63) is 297 Å². The second-order valence-electron chi connectivity index (χ2n) is 31.1. The van der Waals surface area contributed by atoms with Crippen LogP contribution >= 0.6 is 0 Å². The number of fused-ring (bicyclic) bond motifs is 6. The molecule has 0 bridgehead atoms. The lowest BCUT2D eigenvalue weighted by Gasteiger charge is -2.23. The molecule has 7 heteroatoms. The molecule has 0 saturated carbocycles. The maximum Gasteiger partial charge on any atom is 0.0995 e. The van der Waals surface area contributed by atoms with Crippen molar-refractivity contribution in [2.75, 3.05) is 0 Å². The highest BCUT2D eigenvalue weighted by molar-refractivity contribution is 6.10. The second-order valence-corrected chi connectivity index (χ2v) is 31.1. The van der Waals surface area contributed by atoms with Gasteiger partial charge in [-0.1, -0.05) is 258 Å². The summed E-state index contributed by atoms with van der Waals surface area (Å²) in [5, 5.41) is 49.0. The van der Waals surface area contributed by atoms with E-state index in [0.717, 1.165) is 44.5 Å². The molecule has 0 spiro atoms. The zero-order chi connectivity index (χ0) is 73.5. The lowest BCUT2D eigenvalue weighted by atomic mass is 9.81. The van der Waals surface area contributed by atoms with Gasteiger partial charge in [0.25, 0.3) is 0 Å². The Kier molecular flexibility index (Phi) is 24.0. The average molecular weight is 1310 g/mol. The van der Waals surface area contributed by atoms with E-state index in [4.69, 9.17) is 39.2 Å². The molecule has 0 saturated heterocycles. The molecule has 0 aliphatic rings. The van der Waals surface area contributed by atoms with Crippen LogP contribution in [0.4, 0.5) is 0 Å². The molecule has 0 N–H and O–H groups in total. The molecule has 0 amide bonds. The number of benzene rings is 10. The zero-order valence-corrected chi connectivity index (χ0v) is 61.6. The van der Waals surface area contributed by atoms with Crippen LogP contribution in [0.15, 0.2) is 224 Å². The highest BCUT2D eigenvalue weighted by Gasteiger charge is 2.24. The number of terminal acetylenes is 2. The molecule has 2 heterocycles. The molecule has 0 radical (unpaired) electrons. The molecule has 500 valence electrons. The summed E-state index contributed by atoms with van der Waals surface area (Å²) >= 11 is 0. The fourth-order valence-corrected chi connectivity index (χ4v) is 11.8. The third-order valence-corrected chi connectivity index (χ3v) is 17.2. The van der Waals surface area contributed by atoms with Gasteiger partial charge in [-0.05, 0) is 169 Å². The largest absolute Gasteiger partial charge is 0.309 e. The van der Waals surface area contributed by atoms with E-state index in [-0.39, 0.29) is 32.5 Å². The van der Waals surface area contributed by atoms with E-state index in [1.165, 1.54) is 71.7 Å². The molecule has 0 aliphatic heterocycles. The zero-order valence-electron chi connectivity index (χ0n) is 61.6. The highest BCUT2D eigenvalue weighted by atomic mass is 15.0. The molecule has 2 aromatic heterocycles. The normalized spacial score (nSPS) is 11.2. The number of aromatic nitrogens is 2. The van der Waals surface area contributed by atoms with E-state index in [2.05, 4.69) is 297 Å². The minimum atomic E-state index is -0.0893. The Labute approximate surface area is 595 Å². The van der Waals surface area contributed by atoms with Gasteiger partial charge in [0.1, 0.15) is 0 Å². The van der Waals surface area contributed by atoms with E-state index in [9.17, 15) is 0 Å². The van der Waals surface area contributed by atoms with Crippen molar-refractivity contribution in [3.63, 3.8) is 0 Å². The topological polar surface area (TPSA) is 129 Å². The molecule has 12 aromatic rings. The molecule has 100 heavy (non-hydrogen) atoms. The van der Waals surface area contributed by atoms with E-state index in [1.54, 1.807) is 12.1 Å². The molecule has 0 atom stereocenters. The van der Waals surface area contributed by atoms with Gasteiger partial charge in [-0.25, -0.2) is 0 Å². The molecule has 10 aromatic carbocycles. The Hall–Kier alpha value is -11.6. The van der Waals surface area contributed by atoms with Crippen LogP contribution in [-0.4, -0.2) is 9.13 Å². The first-order valence-electron chi connectivity index (χ1n) is 33.8. The van der Waals surface area contributed by atoms with Crippen molar-refractivity contribution >= 4 is 43.6 Å². The van der Waals surface area contributed by atoms with Gasteiger partial charge in [0.15, 0.2) is 0 Å². The molecular formula is C93H93N7. The monoisotopic (exact) mass is 1310 g/mol. The van der Waals surface area contributed by atoms with Crippen LogP contribution in [0.5, 0.6) is 0 Å². The average Bonchev–Trinajstić information content (AvgIpc) is 1.58. The summed E-state index contributed by atoms with van der Waals surface area (Å²) in [5.74, 6) is 5.19. The van der Waals surface area contributed by atoms with Crippen LogP contribution in [0.3, 0.4) is 0 Å². The molecule has 7 nitrogen and oxygen atoms in total. The molecule has 0 fully saturated rings. The van der Waals surface area contributed by atoms with Crippen molar-refractivity contribution in [1.29, 1.82) is 26.3 Å². The van der Waals surface area contributed by atoms with Crippen molar-refractivity contribution in [3.8, 4) is 66.4 Å². The Morgan fingerprint density at radius 3 is 1.01 bits per heavy atom. The minimum absolute atomic E-state index is 0.00226. The number of nitrogens with zero attached hydrogens (tertiary/aromatic N) is 7. The van der Waals surface area contributed by atoms with Gasteiger partial charge in [0.05, 0.1) is 80.2 Å². The van der Waals surface area contributed by atoms with Crippen LogP contribution in [0.2, 0.25) is 0 Å². The number of para-hydroxylation sites is 4. The summed E-state index contributed by atoms with van der Waals surface area (Å²) in [5.41, 5.74) is 19.7. The summed E-state index contributed by atoms with van der Waals surface area (Å²) in [6.45, 7) is 38.6. The predicted molar refractivity (Wildman–Crippen MR) is 419 cm³/mol. The third kappa shape index (κ3) is 18.7. The lowest BCUT2D eigenvalue weighted by molar-refractivity contribution is 0.587. The van der Waals surface area contributed by atoms with Crippen molar-refractivity contribution < 1.29 is 0 Å². The lowest BCUT2D eigenvalue weighted by Crippen LogP contribution is -2.15. The summed E-state index contributed by atoms with van der Waals surface area (Å²) in [4.78, 5) is 0. The van der Waals surface area contributed by atoms with E-state index < -0.39 is 0 Å². The van der Waals surface area contributed by atoms with Gasteiger partial charge in [-0.2, -0.15) is 26.3 Å². The fraction of sp³-hybridized carbons (Fsp3) is 0.258. The van der Waals surface area contributed by atoms with Crippen molar-refractivity contribution in [2.45, 2.75) is 157 Å². The Bertz CT molecular complexity index is 4900. The third-order valence-electron chi connectivity index (χ3n) is 17.2. The quantitative estimate of drug-likeness (QED) is 0.159. The van der Waals surface area contributed by atoms with Gasteiger partial charge in [0.2, 0.25) is 0 Å². The van der Waals surface area contributed by atoms with Gasteiger partial charge >= 0.3 is 0 Å². The number of hydrogen-bond acceptors (Lipinski definition) is 5. The van der Waals surface area contributed by atoms with Crippen LogP contribution in [0.25, 0.3) is 55.0 Å². The van der Waals surface area contributed by atoms with E-state index in [0.29, 0.717) is 11.1 Å². The second kappa shape index (κ2) is 31.7. The van der Waals surface area contributed by atoms with Crippen LogP contribution in [0, 0.1) is 81.3 Å².